The van der Waals surface area contributed by atoms with Gasteiger partial charge in [0.15, 0.2) is 6.10 Å². The Hall–Kier alpha value is -1.03. The van der Waals surface area contributed by atoms with Gasteiger partial charge in [-0.15, -0.1) is 0 Å². The third-order valence-electron chi connectivity index (χ3n) is 3.20. The van der Waals surface area contributed by atoms with E-state index in [2.05, 4.69) is 4.98 Å². The normalized spacial score (nSPS) is 29.4. The molecule has 0 saturated carbocycles. The van der Waals surface area contributed by atoms with Gasteiger partial charge in [-0.25, -0.2) is 4.98 Å². The third kappa shape index (κ3) is 4.03. The molecule has 0 amide bonds. The Labute approximate surface area is 129 Å². The second-order valence-electron chi connectivity index (χ2n) is 4.82. The summed E-state index contributed by atoms with van der Waals surface area (Å²) in [4.78, 5) is 3.35. The number of thioether (sulfide) groups is 1. The van der Waals surface area contributed by atoms with Gasteiger partial charge in [-0.2, -0.15) is 24.9 Å². The van der Waals surface area contributed by atoms with Crippen molar-refractivity contribution in [3.8, 4) is 5.88 Å². The van der Waals surface area contributed by atoms with E-state index < -0.39 is 36.3 Å². The molecule has 0 bridgehead atoms. The SMILES string of the molecule is CSC[C@H]1OC[C@H](Oc2cccc(C(F)(F)F)n2)[C@@H](O)[C@H]1O. The summed E-state index contributed by atoms with van der Waals surface area (Å²) in [6, 6.07) is 3.24. The number of nitrogens with zero attached hydrogens (tertiary/aromatic N) is 1. The van der Waals surface area contributed by atoms with Crippen LogP contribution in [0.15, 0.2) is 18.2 Å². The predicted molar refractivity (Wildman–Crippen MR) is 73.8 cm³/mol. The van der Waals surface area contributed by atoms with Crippen molar-refractivity contribution in [2.45, 2.75) is 30.6 Å². The lowest BCUT2D eigenvalue weighted by molar-refractivity contribution is -0.174. The minimum atomic E-state index is -4.58. The predicted octanol–water partition coefficient (Wildman–Crippen LogP) is 1.33. The second-order valence-corrected chi connectivity index (χ2v) is 5.73. The molecule has 1 aliphatic rings. The van der Waals surface area contributed by atoms with Crippen LogP contribution in [-0.4, -0.2) is 58.2 Å². The molecule has 0 aliphatic carbocycles. The molecular weight excluding hydrogens is 323 g/mol. The highest BCUT2D eigenvalue weighted by atomic mass is 32.2. The van der Waals surface area contributed by atoms with Crippen LogP contribution in [0.25, 0.3) is 0 Å². The molecule has 4 atom stereocenters. The Morgan fingerprint density at radius 2 is 2.09 bits per heavy atom. The lowest BCUT2D eigenvalue weighted by atomic mass is 10.0. The summed E-state index contributed by atoms with van der Waals surface area (Å²) < 4.78 is 48.4. The van der Waals surface area contributed by atoms with E-state index in [4.69, 9.17) is 9.47 Å². The highest BCUT2D eigenvalue weighted by molar-refractivity contribution is 7.98. The van der Waals surface area contributed by atoms with E-state index in [0.29, 0.717) is 5.75 Å². The molecule has 0 radical (unpaired) electrons. The topological polar surface area (TPSA) is 71.8 Å². The number of halogens is 3. The van der Waals surface area contributed by atoms with Crippen LogP contribution in [0, 0.1) is 0 Å². The molecule has 1 aliphatic heterocycles. The fourth-order valence-electron chi connectivity index (χ4n) is 2.06. The maximum Gasteiger partial charge on any atom is 0.433 e. The Balaban J connectivity index is 2.05. The third-order valence-corrected chi connectivity index (χ3v) is 3.87. The molecule has 1 fully saturated rings. The summed E-state index contributed by atoms with van der Waals surface area (Å²) in [5, 5.41) is 19.9. The van der Waals surface area contributed by atoms with Crippen LogP contribution in [0.4, 0.5) is 13.2 Å². The van der Waals surface area contributed by atoms with Gasteiger partial charge in [-0.3, -0.25) is 0 Å². The monoisotopic (exact) mass is 339 g/mol. The number of alkyl halides is 3. The van der Waals surface area contributed by atoms with Gasteiger partial charge >= 0.3 is 6.18 Å². The number of ether oxygens (including phenoxy) is 2. The van der Waals surface area contributed by atoms with E-state index in [1.807, 2.05) is 6.26 Å². The molecule has 0 spiro atoms. The molecule has 124 valence electrons. The summed E-state index contributed by atoms with van der Waals surface area (Å²) in [5.41, 5.74) is -1.09. The smallest absolute Gasteiger partial charge is 0.433 e. The molecule has 1 aromatic heterocycles. The Morgan fingerprint density at radius 1 is 1.36 bits per heavy atom. The van der Waals surface area contributed by atoms with Crippen molar-refractivity contribution < 1.29 is 32.9 Å². The summed E-state index contributed by atoms with van der Waals surface area (Å²) in [6.45, 7) is -0.0403. The molecule has 5 nitrogen and oxygen atoms in total. The fourth-order valence-corrected chi connectivity index (χ4v) is 2.69. The van der Waals surface area contributed by atoms with Crippen molar-refractivity contribution in [2.75, 3.05) is 18.6 Å². The van der Waals surface area contributed by atoms with Gasteiger partial charge in [0.05, 0.1) is 12.7 Å². The average molecular weight is 339 g/mol. The molecule has 2 heterocycles. The van der Waals surface area contributed by atoms with Crippen molar-refractivity contribution in [3.05, 3.63) is 23.9 Å². The fraction of sp³-hybridized carbons (Fsp3) is 0.615. The first-order valence-electron chi connectivity index (χ1n) is 6.50. The van der Waals surface area contributed by atoms with Gasteiger partial charge in [0, 0.05) is 11.8 Å². The number of hydrogen-bond donors (Lipinski definition) is 2. The van der Waals surface area contributed by atoms with Gasteiger partial charge in [0.1, 0.15) is 17.9 Å². The molecular formula is C13H16F3NO4S. The van der Waals surface area contributed by atoms with Gasteiger partial charge in [0.25, 0.3) is 0 Å². The molecule has 22 heavy (non-hydrogen) atoms. The summed E-state index contributed by atoms with van der Waals surface area (Å²) in [7, 11) is 0. The minimum absolute atomic E-state index is 0.0403. The number of aliphatic hydroxyl groups excluding tert-OH is 2. The number of rotatable bonds is 4. The van der Waals surface area contributed by atoms with Crippen LogP contribution < -0.4 is 4.74 Å². The highest BCUT2D eigenvalue weighted by Gasteiger charge is 2.40. The molecule has 9 heteroatoms. The standard InChI is InChI=1S/C13H16F3NO4S/c1-22-6-8-12(19)11(18)7(5-20-8)21-10-4-2-3-9(17-10)13(14,15)16/h2-4,7-8,11-12,18-19H,5-6H2,1H3/t7-,8+,11+,12-/m0/s1. The molecule has 1 aromatic rings. The van der Waals surface area contributed by atoms with Crippen molar-refractivity contribution in [1.29, 1.82) is 0 Å². The first-order chi connectivity index (χ1) is 10.3. The van der Waals surface area contributed by atoms with E-state index in [9.17, 15) is 23.4 Å². The Kier molecular flexibility index (Phi) is 5.54. The molecule has 0 unspecified atom stereocenters. The van der Waals surface area contributed by atoms with Crippen LogP contribution >= 0.6 is 11.8 Å². The van der Waals surface area contributed by atoms with Crippen molar-refractivity contribution in [2.24, 2.45) is 0 Å². The van der Waals surface area contributed by atoms with E-state index >= 15 is 0 Å². The molecule has 0 aromatic carbocycles. The zero-order valence-electron chi connectivity index (χ0n) is 11.7. The summed E-state index contributed by atoms with van der Waals surface area (Å²) in [5.74, 6) is 0.213. The first-order valence-corrected chi connectivity index (χ1v) is 7.90. The van der Waals surface area contributed by atoms with E-state index in [1.54, 1.807) is 0 Å². The lowest BCUT2D eigenvalue weighted by Gasteiger charge is -2.37. The maximum absolute atomic E-state index is 12.6. The van der Waals surface area contributed by atoms with E-state index in [0.717, 1.165) is 12.1 Å². The van der Waals surface area contributed by atoms with Crippen molar-refractivity contribution in [3.63, 3.8) is 0 Å². The zero-order chi connectivity index (χ0) is 16.3. The molecule has 2 N–H and O–H groups in total. The minimum Gasteiger partial charge on any atom is -0.469 e. The maximum atomic E-state index is 12.6. The van der Waals surface area contributed by atoms with Gasteiger partial charge in [-0.05, 0) is 12.3 Å². The molecule has 2 rings (SSSR count). The van der Waals surface area contributed by atoms with Gasteiger partial charge in [-0.1, -0.05) is 6.07 Å². The molecule has 1 saturated heterocycles. The van der Waals surface area contributed by atoms with Gasteiger partial charge < -0.3 is 19.7 Å². The Bertz CT molecular complexity index is 502. The van der Waals surface area contributed by atoms with Crippen LogP contribution in [-0.2, 0) is 10.9 Å². The van der Waals surface area contributed by atoms with E-state index in [1.165, 1.54) is 17.8 Å². The second kappa shape index (κ2) is 7.03. The van der Waals surface area contributed by atoms with Crippen LogP contribution in [0.3, 0.4) is 0 Å². The quantitative estimate of drug-likeness (QED) is 0.862. The largest absolute Gasteiger partial charge is 0.469 e. The van der Waals surface area contributed by atoms with Gasteiger partial charge in [0.2, 0.25) is 5.88 Å². The van der Waals surface area contributed by atoms with E-state index in [-0.39, 0.29) is 12.5 Å². The van der Waals surface area contributed by atoms with Crippen molar-refractivity contribution in [1.82, 2.24) is 4.98 Å². The summed E-state index contributed by atoms with van der Waals surface area (Å²) in [6.07, 6.45) is -6.70. The highest BCUT2D eigenvalue weighted by Crippen LogP contribution is 2.29. The van der Waals surface area contributed by atoms with Crippen LogP contribution in [0.5, 0.6) is 5.88 Å². The lowest BCUT2D eigenvalue weighted by Crippen LogP contribution is -2.55. The first kappa shape index (κ1) is 17.3. The zero-order valence-corrected chi connectivity index (χ0v) is 12.5. The Morgan fingerprint density at radius 3 is 2.73 bits per heavy atom. The number of aliphatic hydroxyl groups is 2. The number of pyridine rings is 1. The number of hydrogen-bond acceptors (Lipinski definition) is 6. The number of aromatic nitrogens is 1. The average Bonchev–Trinajstić information content (AvgIpc) is 2.46. The van der Waals surface area contributed by atoms with Crippen molar-refractivity contribution >= 4 is 11.8 Å². The summed E-state index contributed by atoms with van der Waals surface area (Å²) >= 11 is 1.45. The van der Waals surface area contributed by atoms with Crippen LogP contribution in [0.1, 0.15) is 5.69 Å². The van der Waals surface area contributed by atoms with Crippen LogP contribution in [0.2, 0.25) is 0 Å².